The number of thiophene rings is 1. The summed E-state index contributed by atoms with van der Waals surface area (Å²) in [5, 5.41) is 5.13. The van der Waals surface area contributed by atoms with E-state index >= 15 is 0 Å². The van der Waals surface area contributed by atoms with Crippen LogP contribution >= 0.6 is 23.1 Å². The predicted octanol–water partition coefficient (Wildman–Crippen LogP) is 1.64. The molecule has 1 unspecified atom stereocenters. The van der Waals surface area contributed by atoms with Crippen molar-refractivity contribution in [1.29, 1.82) is 0 Å². The molecule has 1 aromatic heterocycles. The average molecular weight is 341 g/mol. The van der Waals surface area contributed by atoms with Gasteiger partial charge in [-0.1, -0.05) is 0 Å². The summed E-state index contributed by atoms with van der Waals surface area (Å²) >= 11 is 2.66. The SMILES string of the molecule is CCOC(OC)OCCc1cc(S(N)(=O)=O)sc1SC. The minimum atomic E-state index is -3.65. The highest BCUT2D eigenvalue weighted by Gasteiger charge is 2.16. The molecule has 0 aromatic carbocycles. The molecule has 0 aliphatic carbocycles. The Hall–Kier alpha value is -0.160. The zero-order chi connectivity index (χ0) is 15.2. The highest BCUT2D eigenvalue weighted by atomic mass is 32.3. The van der Waals surface area contributed by atoms with E-state index in [9.17, 15) is 8.42 Å². The summed E-state index contributed by atoms with van der Waals surface area (Å²) in [6, 6.07) is 1.59. The number of rotatable bonds is 9. The van der Waals surface area contributed by atoms with Crippen LogP contribution in [0.2, 0.25) is 0 Å². The fourth-order valence-electron chi connectivity index (χ4n) is 1.46. The van der Waals surface area contributed by atoms with Crippen molar-refractivity contribution >= 4 is 33.1 Å². The van der Waals surface area contributed by atoms with Gasteiger partial charge in [0.05, 0.1) is 10.8 Å². The van der Waals surface area contributed by atoms with Crippen molar-refractivity contribution in [2.24, 2.45) is 5.14 Å². The molecule has 2 N–H and O–H groups in total. The van der Waals surface area contributed by atoms with Crippen molar-refractivity contribution < 1.29 is 22.6 Å². The molecule has 116 valence electrons. The standard InChI is InChI=1S/C11H19NO5S3/c1-4-16-11(15-2)17-6-5-8-7-9(20(12,13)14)19-10(8)18-3/h7,11H,4-6H2,1-3H3,(H2,12,13,14). The second-order valence-corrected chi connectivity index (χ2v) is 7.64. The van der Waals surface area contributed by atoms with Gasteiger partial charge in [-0.05, 0) is 31.2 Å². The van der Waals surface area contributed by atoms with Gasteiger partial charge in [0.25, 0.3) is 6.48 Å². The van der Waals surface area contributed by atoms with Gasteiger partial charge in [0.1, 0.15) is 4.21 Å². The molecule has 1 rings (SSSR count). The minimum absolute atomic E-state index is 0.171. The maximum Gasteiger partial charge on any atom is 0.271 e. The van der Waals surface area contributed by atoms with Crippen molar-refractivity contribution in [3.8, 4) is 0 Å². The van der Waals surface area contributed by atoms with Crippen LogP contribution in [0, 0.1) is 0 Å². The Balaban J connectivity index is 2.66. The van der Waals surface area contributed by atoms with Gasteiger partial charge in [0.15, 0.2) is 0 Å². The third kappa shape index (κ3) is 5.32. The summed E-state index contributed by atoms with van der Waals surface area (Å²) in [6.45, 7) is 2.00. The van der Waals surface area contributed by atoms with Crippen LogP contribution in [0.3, 0.4) is 0 Å². The van der Waals surface area contributed by atoms with Crippen molar-refractivity contribution in [2.45, 2.75) is 28.2 Å². The predicted molar refractivity (Wildman–Crippen MR) is 79.6 cm³/mol. The second-order valence-electron chi connectivity index (χ2n) is 3.73. The normalized spacial score (nSPS) is 13.6. The number of sulfonamides is 1. The smallest absolute Gasteiger partial charge is 0.271 e. The zero-order valence-electron chi connectivity index (χ0n) is 11.6. The van der Waals surface area contributed by atoms with Crippen LogP contribution in [0.15, 0.2) is 14.5 Å². The lowest BCUT2D eigenvalue weighted by Gasteiger charge is -2.15. The topological polar surface area (TPSA) is 87.8 Å². The fourth-order valence-corrected chi connectivity index (χ4v) is 4.34. The molecule has 20 heavy (non-hydrogen) atoms. The molecular weight excluding hydrogens is 322 g/mol. The number of hydrogen-bond donors (Lipinski definition) is 1. The Bertz CT molecular complexity index is 514. The van der Waals surface area contributed by atoms with E-state index in [4.69, 9.17) is 19.3 Å². The van der Waals surface area contributed by atoms with Gasteiger partial charge < -0.3 is 14.2 Å². The van der Waals surface area contributed by atoms with Gasteiger partial charge in [0, 0.05) is 13.7 Å². The third-order valence-electron chi connectivity index (χ3n) is 2.33. The first-order valence-corrected chi connectivity index (χ1v) is 9.46. The van der Waals surface area contributed by atoms with Crippen LogP contribution in [-0.4, -0.2) is 41.5 Å². The summed E-state index contributed by atoms with van der Waals surface area (Å²) in [5.41, 5.74) is 0.901. The third-order valence-corrected chi connectivity index (χ3v) is 6.11. The molecule has 0 aliphatic rings. The molecular formula is C11H19NO5S3. The van der Waals surface area contributed by atoms with Gasteiger partial charge in [-0.25, -0.2) is 13.6 Å². The Labute approximate surface area is 127 Å². The fraction of sp³-hybridized carbons (Fsp3) is 0.636. The van der Waals surface area contributed by atoms with Crippen molar-refractivity contribution in [2.75, 3.05) is 26.6 Å². The molecule has 0 amide bonds. The molecule has 0 spiro atoms. The Morgan fingerprint density at radius 2 is 2.15 bits per heavy atom. The van der Waals surface area contributed by atoms with Crippen LogP contribution in [-0.2, 0) is 30.7 Å². The number of ether oxygens (including phenoxy) is 3. The zero-order valence-corrected chi connectivity index (χ0v) is 14.1. The van der Waals surface area contributed by atoms with E-state index in [-0.39, 0.29) is 4.21 Å². The Kier molecular flexibility index (Phi) is 7.45. The Morgan fingerprint density at radius 3 is 2.65 bits per heavy atom. The second kappa shape index (κ2) is 8.32. The largest absolute Gasteiger partial charge is 0.333 e. The van der Waals surface area contributed by atoms with Crippen LogP contribution in [0.1, 0.15) is 12.5 Å². The lowest BCUT2D eigenvalue weighted by Crippen LogP contribution is -2.20. The van der Waals surface area contributed by atoms with Crippen LogP contribution in [0.4, 0.5) is 0 Å². The van der Waals surface area contributed by atoms with Crippen molar-refractivity contribution in [3.63, 3.8) is 0 Å². The van der Waals surface area contributed by atoms with Crippen molar-refractivity contribution in [1.82, 2.24) is 0 Å². The number of hydrogen-bond acceptors (Lipinski definition) is 7. The summed E-state index contributed by atoms with van der Waals surface area (Å²) < 4.78 is 39.3. The molecule has 0 radical (unpaired) electrons. The summed E-state index contributed by atoms with van der Waals surface area (Å²) in [6.07, 6.45) is 2.45. The molecule has 0 bridgehead atoms. The van der Waals surface area contributed by atoms with Crippen molar-refractivity contribution in [3.05, 3.63) is 11.6 Å². The van der Waals surface area contributed by atoms with Gasteiger partial charge >= 0.3 is 0 Å². The highest BCUT2D eigenvalue weighted by molar-refractivity contribution is 8.01. The lowest BCUT2D eigenvalue weighted by molar-refractivity contribution is -0.274. The molecule has 0 saturated heterocycles. The summed E-state index contributed by atoms with van der Waals surface area (Å²) in [4.78, 5) is 0. The van der Waals surface area contributed by atoms with E-state index in [1.807, 2.05) is 13.2 Å². The van der Waals surface area contributed by atoms with Crippen LogP contribution < -0.4 is 5.14 Å². The van der Waals surface area contributed by atoms with E-state index in [1.54, 1.807) is 6.07 Å². The van der Waals surface area contributed by atoms with Gasteiger partial charge in [-0.15, -0.1) is 23.1 Å². The lowest BCUT2D eigenvalue weighted by atomic mass is 10.2. The monoisotopic (exact) mass is 341 g/mol. The Morgan fingerprint density at radius 1 is 1.45 bits per heavy atom. The number of primary sulfonamides is 1. The maximum atomic E-state index is 11.3. The quantitative estimate of drug-likeness (QED) is 0.543. The number of thioether (sulfide) groups is 1. The highest BCUT2D eigenvalue weighted by Crippen LogP contribution is 2.33. The average Bonchev–Trinajstić information content (AvgIpc) is 2.81. The van der Waals surface area contributed by atoms with E-state index in [1.165, 1.54) is 30.2 Å². The maximum absolute atomic E-state index is 11.3. The molecule has 1 atom stereocenters. The molecule has 6 nitrogen and oxygen atoms in total. The number of nitrogens with two attached hydrogens (primary N) is 1. The molecule has 0 aliphatic heterocycles. The van der Waals surface area contributed by atoms with E-state index in [0.29, 0.717) is 19.6 Å². The first-order chi connectivity index (χ1) is 9.42. The summed E-state index contributed by atoms with van der Waals surface area (Å²) in [5.74, 6) is 0. The van der Waals surface area contributed by atoms with E-state index < -0.39 is 16.5 Å². The van der Waals surface area contributed by atoms with Gasteiger partial charge in [0.2, 0.25) is 10.0 Å². The van der Waals surface area contributed by atoms with Crippen LogP contribution in [0.25, 0.3) is 0 Å². The molecule has 1 heterocycles. The van der Waals surface area contributed by atoms with Crippen LogP contribution in [0.5, 0.6) is 0 Å². The first kappa shape index (κ1) is 17.9. The number of methoxy groups -OCH3 is 1. The first-order valence-electron chi connectivity index (χ1n) is 5.87. The molecule has 0 saturated carbocycles. The van der Waals surface area contributed by atoms with Gasteiger partial charge in [-0.2, -0.15) is 0 Å². The molecule has 1 aromatic rings. The summed E-state index contributed by atoms with van der Waals surface area (Å²) in [7, 11) is -2.16. The molecule has 0 fully saturated rings. The minimum Gasteiger partial charge on any atom is -0.333 e. The van der Waals surface area contributed by atoms with E-state index in [0.717, 1.165) is 9.77 Å². The van der Waals surface area contributed by atoms with Gasteiger partial charge in [-0.3, -0.25) is 0 Å². The van der Waals surface area contributed by atoms with E-state index in [2.05, 4.69) is 0 Å². The molecule has 9 heteroatoms.